The van der Waals surface area contributed by atoms with E-state index in [0.29, 0.717) is 11.8 Å². The van der Waals surface area contributed by atoms with Crippen molar-refractivity contribution in [2.24, 2.45) is 5.41 Å². The molecule has 0 aliphatic heterocycles. The highest BCUT2D eigenvalue weighted by Crippen LogP contribution is 2.48. The number of rotatable bonds is 6. The summed E-state index contributed by atoms with van der Waals surface area (Å²) in [4.78, 5) is 11.8. The van der Waals surface area contributed by atoms with Gasteiger partial charge in [-0.1, -0.05) is 44.0 Å². The molecule has 1 aliphatic carbocycles. The maximum absolute atomic E-state index is 11.8. The van der Waals surface area contributed by atoms with Crippen LogP contribution in [-0.2, 0) is 11.2 Å². The Morgan fingerprint density at radius 1 is 1.28 bits per heavy atom. The average molecular weight is 375 g/mol. The molecule has 1 fully saturated rings. The van der Waals surface area contributed by atoms with Gasteiger partial charge in [0.15, 0.2) is 0 Å². The molecule has 0 atom stereocenters. The molecular formula is C14H17Br2NO. The van der Waals surface area contributed by atoms with Gasteiger partial charge in [-0.3, -0.25) is 4.79 Å². The van der Waals surface area contributed by atoms with Crippen molar-refractivity contribution < 1.29 is 4.79 Å². The predicted molar refractivity (Wildman–Crippen MR) is 80.9 cm³/mol. The molecule has 0 saturated heterocycles. The molecular weight excluding hydrogens is 358 g/mol. The zero-order valence-corrected chi connectivity index (χ0v) is 13.4. The second-order valence-corrected chi connectivity index (χ2v) is 6.73. The Hall–Kier alpha value is -0.350. The Bertz CT molecular complexity index is 412. The Labute approximate surface area is 125 Å². The second-order valence-electron chi connectivity index (χ2n) is 5.02. The number of benzene rings is 1. The summed E-state index contributed by atoms with van der Waals surface area (Å²) in [5.74, 6) is 0.123. The molecule has 2 nitrogen and oxygen atoms in total. The number of nitrogens with one attached hydrogen (secondary N) is 1. The first-order chi connectivity index (χ1) is 8.63. The highest BCUT2D eigenvalue weighted by Gasteiger charge is 2.41. The van der Waals surface area contributed by atoms with Crippen molar-refractivity contribution in [3.05, 3.63) is 34.3 Å². The van der Waals surface area contributed by atoms with Crippen LogP contribution in [-0.4, -0.2) is 17.8 Å². The van der Waals surface area contributed by atoms with E-state index in [1.807, 2.05) is 24.3 Å². The maximum Gasteiger partial charge on any atom is 0.224 e. The van der Waals surface area contributed by atoms with E-state index in [1.165, 1.54) is 12.8 Å². The molecule has 4 heteroatoms. The van der Waals surface area contributed by atoms with E-state index in [2.05, 4.69) is 37.2 Å². The predicted octanol–water partition coefficient (Wildman–Crippen LogP) is 3.67. The van der Waals surface area contributed by atoms with E-state index in [0.717, 1.165) is 28.3 Å². The van der Waals surface area contributed by atoms with E-state index in [4.69, 9.17) is 0 Å². The lowest BCUT2D eigenvalue weighted by molar-refractivity contribution is -0.120. The molecule has 1 saturated carbocycles. The molecule has 1 aromatic rings. The molecule has 1 amide bonds. The minimum Gasteiger partial charge on any atom is -0.355 e. The topological polar surface area (TPSA) is 29.1 Å². The van der Waals surface area contributed by atoms with Crippen molar-refractivity contribution in [3.8, 4) is 0 Å². The van der Waals surface area contributed by atoms with Crippen molar-refractivity contribution >= 4 is 37.8 Å². The van der Waals surface area contributed by atoms with Crippen LogP contribution in [0.4, 0.5) is 0 Å². The fourth-order valence-electron chi connectivity index (χ4n) is 2.03. The summed E-state index contributed by atoms with van der Waals surface area (Å²) >= 11 is 6.86. The molecule has 0 radical (unpaired) electrons. The molecule has 1 N–H and O–H groups in total. The van der Waals surface area contributed by atoms with Crippen LogP contribution in [0.2, 0.25) is 0 Å². The second kappa shape index (κ2) is 6.20. The minimum absolute atomic E-state index is 0.123. The van der Waals surface area contributed by atoms with Gasteiger partial charge in [0.1, 0.15) is 0 Å². The summed E-state index contributed by atoms with van der Waals surface area (Å²) in [7, 11) is 0. The summed E-state index contributed by atoms with van der Waals surface area (Å²) in [5, 5.41) is 4.09. The van der Waals surface area contributed by atoms with Crippen LogP contribution < -0.4 is 5.32 Å². The third-order valence-electron chi connectivity index (χ3n) is 3.52. The van der Waals surface area contributed by atoms with E-state index in [-0.39, 0.29) is 5.91 Å². The average Bonchev–Trinajstić information content (AvgIpc) is 3.11. The van der Waals surface area contributed by atoms with Crippen molar-refractivity contribution in [2.45, 2.75) is 25.7 Å². The first-order valence-corrected chi connectivity index (χ1v) is 8.12. The summed E-state index contributed by atoms with van der Waals surface area (Å²) < 4.78 is 1.04. The fourth-order valence-corrected chi connectivity index (χ4v) is 3.13. The number of hydrogen-bond acceptors (Lipinski definition) is 1. The van der Waals surface area contributed by atoms with Crippen molar-refractivity contribution in [1.29, 1.82) is 0 Å². The normalized spacial score (nSPS) is 16.3. The molecule has 0 bridgehead atoms. The molecule has 0 heterocycles. The molecule has 0 aromatic heterocycles. The lowest BCUT2D eigenvalue weighted by Gasteiger charge is -2.14. The summed E-state index contributed by atoms with van der Waals surface area (Å²) in [6, 6.07) is 7.90. The number of carbonyl (C=O) groups excluding carboxylic acids is 1. The standard InChI is InChI=1S/C14H17Br2NO/c15-8-7-14(5-6-14)10-17-13(18)9-11-1-3-12(16)4-2-11/h1-4H,5-10H2,(H,17,18). The smallest absolute Gasteiger partial charge is 0.224 e. The van der Waals surface area contributed by atoms with E-state index in [1.54, 1.807) is 0 Å². The number of hydrogen-bond donors (Lipinski definition) is 1. The van der Waals surface area contributed by atoms with Gasteiger partial charge in [-0.2, -0.15) is 0 Å². The maximum atomic E-state index is 11.8. The number of amides is 1. The van der Waals surface area contributed by atoms with Gasteiger partial charge in [0.25, 0.3) is 0 Å². The Morgan fingerprint density at radius 2 is 1.94 bits per heavy atom. The third-order valence-corrected chi connectivity index (χ3v) is 4.45. The van der Waals surface area contributed by atoms with Gasteiger partial charge in [0.2, 0.25) is 5.91 Å². The van der Waals surface area contributed by atoms with Crippen LogP contribution in [0, 0.1) is 5.41 Å². The van der Waals surface area contributed by atoms with E-state index >= 15 is 0 Å². The van der Waals surface area contributed by atoms with Crippen LogP contribution in [0.15, 0.2) is 28.7 Å². The zero-order valence-electron chi connectivity index (χ0n) is 10.2. The van der Waals surface area contributed by atoms with Crippen molar-refractivity contribution in [3.63, 3.8) is 0 Å². The molecule has 0 unspecified atom stereocenters. The number of carbonyl (C=O) groups is 1. The Morgan fingerprint density at radius 3 is 2.50 bits per heavy atom. The van der Waals surface area contributed by atoms with E-state index in [9.17, 15) is 4.79 Å². The van der Waals surface area contributed by atoms with Crippen molar-refractivity contribution in [2.75, 3.05) is 11.9 Å². The molecule has 98 valence electrons. The number of alkyl halides is 1. The summed E-state index contributed by atoms with van der Waals surface area (Å²) in [6.07, 6.45) is 4.12. The van der Waals surface area contributed by atoms with E-state index < -0.39 is 0 Å². The largest absolute Gasteiger partial charge is 0.355 e. The van der Waals surface area contributed by atoms with Gasteiger partial charge in [-0.25, -0.2) is 0 Å². The van der Waals surface area contributed by atoms with Crippen LogP contribution in [0.5, 0.6) is 0 Å². The SMILES string of the molecule is O=C(Cc1ccc(Br)cc1)NCC1(CCBr)CC1. The highest BCUT2D eigenvalue weighted by atomic mass is 79.9. The lowest BCUT2D eigenvalue weighted by Crippen LogP contribution is -2.31. The van der Waals surface area contributed by atoms with Gasteiger partial charge in [-0.15, -0.1) is 0 Å². The molecule has 1 aliphatic rings. The zero-order chi connectivity index (χ0) is 13.0. The van der Waals surface area contributed by atoms with Crippen LogP contribution in [0.3, 0.4) is 0 Å². The van der Waals surface area contributed by atoms with Crippen molar-refractivity contribution in [1.82, 2.24) is 5.32 Å². The minimum atomic E-state index is 0.123. The first kappa shape index (κ1) is 14.1. The fraction of sp³-hybridized carbons (Fsp3) is 0.500. The van der Waals surface area contributed by atoms with Crippen LogP contribution in [0.1, 0.15) is 24.8 Å². The lowest BCUT2D eigenvalue weighted by atomic mass is 10.0. The molecule has 0 spiro atoms. The highest BCUT2D eigenvalue weighted by molar-refractivity contribution is 9.10. The Kier molecular flexibility index (Phi) is 4.84. The number of halogens is 2. The van der Waals surface area contributed by atoms with Gasteiger partial charge in [0, 0.05) is 16.3 Å². The summed E-state index contributed by atoms with van der Waals surface area (Å²) in [5.41, 5.74) is 1.44. The molecule has 1 aromatic carbocycles. The van der Waals surface area contributed by atoms with Gasteiger partial charge in [0.05, 0.1) is 6.42 Å². The van der Waals surface area contributed by atoms with Crippen LogP contribution in [0.25, 0.3) is 0 Å². The first-order valence-electron chi connectivity index (χ1n) is 6.21. The molecule has 18 heavy (non-hydrogen) atoms. The third kappa shape index (κ3) is 4.09. The Balaban J connectivity index is 1.77. The van der Waals surface area contributed by atoms with Crippen LogP contribution >= 0.6 is 31.9 Å². The monoisotopic (exact) mass is 373 g/mol. The molecule has 2 rings (SSSR count). The summed E-state index contributed by atoms with van der Waals surface area (Å²) in [6.45, 7) is 0.827. The quantitative estimate of drug-likeness (QED) is 0.756. The van der Waals surface area contributed by atoms with Gasteiger partial charge < -0.3 is 5.32 Å². The van der Waals surface area contributed by atoms with Gasteiger partial charge in [-0.05, 0) is 42.4 Å². The van der Waals surface area contributed by atoms with Gasteiger partial charge >= 0.3 is 0 Å².